The molecule has 0 N–H and O–H groups in total. The van der Waals surface area contributed by atoms with Crippen molar-refractivity contribution in [2.24, 2.45) is 0 Å². The zero-order valence-electron chi connectivity index (χ0n) is 7.74. The van der Waals surface area contributed by atoms with E-state index in [4.69, 9.17) is 0 Å². The maximum Gasteiger partial charge on any atom is -0.00639 e. The Kier molecular flexibility index (Phi) is 2.61. The van der Waals surface area contributed by atoms with Crippen LogP contribution in [0.2, 0.25) is 0 Å². The Bertz CT molecular complexity index is 317. The van der Waals surface area contributed by atoms with E-state index < -0.39 is 0 Å². The highest BCUT2D eigenvalue weighted by Gasteiger charge is 2.00. The molecule has 0 saturated carbocycles. The van der Waals surface area contributed by atoms with E-state index in [-0.39, 0.29) is 0 Å². The van der Waals surface area contributed by atoms with Crippen molar-refractivity contribution < 1.29 is 0 Å². The van der Waals surface area contributed by atoms with Crippen molar-refractivity contribution >= 4 is 0 Å². The maximum absolute atomic E-state index is 2.25. The minimum absolute atomic E-state index is 1.12. The lowest BCUT2D eigenvalue weighted by Gasteiger charge is -2.08. The zero-order chi connectivity index (χ0) is 8.93. The molecule has 0 atom stereocenters. The SMILES string of the molecule is C1=CCCC(Cc2ccccc2)=C1. The molecule has 1 aliphatic rings. The molecule has 0 radical (unpaired) electrons. The van der Waals surface area contributed by atoms with Crippen LogP contribution in [-0.4, -0.2) is 0 Å². The second-order valence-corrected chi connectivity index (χ2v) is 3.45. The minimum Gasteiger partial charge on any atom is -0.0842 e. The summed E-state index contributed by atoms with van der Waals surface area (Å²) in [5, 5.41) is 0. The van der Waals surface area contributed by atoms with Gasteiger partial charge in [0.2, 0.25) is 0 Å². The van der Waals surface area contributed by atoms with E-state index in [0.29, 0.717) is 0 Å². The molecular formula is C13H14. The van der Waals surface area contributed by atoms with Crippen molar-refractivity contribution in [2.75, 3.05) is 0 Å². The van der Waals surface area contributed by atoms with E-state index in [1.54, 1.807) is 5.57 Å². The van der Waals surface area contributed by atoms with Crippen LogP contribution in [0.3, 0.4) is 0 Å². The maximum atomic E-state index is 2.25. The van der Waals surface area contributed by atoms with Gasteiger partial charge in [-0.05, 0) is 24.8 Å². The van der Waals surface area contributed by atoms with E-state index in [0.717, 1.165) is 6.42 Å². The van der Waals surface area contributed by atoms with Gasteiger partial charge in [-0.3, -0.25) is 0 Å². The summed E-state index contributed by atoms with van der Waals surface area (Å²) in [4.78, 5) is 0. The molecule has 2 rings (SSSR count). The molecule has 66 valence electrons. The Morgan fingerprint density at radius 1 is 1.08 bits per heavy atom. The van der Waals surface area contributed by atoms with Crippen molar-refractivity contribution in [3.63, 3.8) is 0 Å². The van der Waals surface area contributed by atoms with Crippen molar-refractivity contribution in [1.82, 2.24) is 0 Å². The third-order valence-electron chi connectivity index (χ3n) is 2.37. The van der Waals surface area contributed by atoms with Gasteiger partial charge in [0.15, 0.2) is 0 Å². The van der Waals surface area contributed by atoms with Gasteiger partial charge < -0.3 is 0 Å². The number of hydrogen-bond donors (Lipinski definition) is 0. The first-order valence-corrected chi connectivity index (χ1v) is 4.83. The number of benzene rings is 1. The molecule has 0 nitrogen and oxygen atoms in total. The molecule has 1 aromatic carbocycles. The molecule has 13 heavy (non-hydrogen) atoms. The summed E-state index contributed by atoms with van der Waals surface area (Å²) >= 11 is 0. The molecule has 1 aromatic rings. The van der Waals surface area contributed by atoms with Gasteiger partial charge in [-0.2, -0.15) is 0 Å². The smallest absolute Gasteiger partial charge is 0.00639 e. The lowest BCUT2D eigenvalue weighted by Crippen LogP contribution is -1.92. The van der Waals surface area contributed by atoms with Gasteiger partial charge in [0.05, 0.1) is 0 Å². The van der Waals surface area contributed by atoms with Gasteiger partial charge in [0, 0.05) is 0 Å². The summed E-state index contributed by atoms with van der Waals surface area (Å²) < 4.78 is 0. The first-order chi connectivity index (χ1) is 6.45. The summed E-state index contributed by atoms with van der Waals surface area (Å²) in [6, 6.07) is 10.7. The lowest BCUT2D eigenvalue weighted by molar-refractivity contribution is 0.911. The number of allylic oxidation sites excluding steroid dienone is 4. The van der Waals surface area contributed by atoms with Crippen LogP contribution in [0, 0.1) is 0 Å². The fourth-order valence-electron chi connectivity index (χ4n) is 1.66. The molecule has 0 aromatic heterocycles. The molecule has 0 bridgehead atoms. The summed E-state index contributed by atoms with van der Waals surface area (Å²) in [5.41, 5.74) is 2.97. The normalized spacial score (nSPS) is 15.5. The summed E-state index contributed by atoms with van der Waals surface area (Å²) in [7, 11) is 0. The predicted octanol–water partition coefficient (Wildman–Crippen LogP) is 3.51. The quantitative estimate of drug-likeness (QED) is 0.637. The largest absolute Gasteiger partial charge is 0.0842 e. The van der Waals surface area contributed by atoms with Crippen molar-refractivity contribution in [3.8, 4) is 0 Å². The molecule has 0 heterocycles. The van der Waals surface area contributed by atoms with Crippen LogP contribution in [0.4, 0.5) is 0 Å². The molecule has 0 amide bonds. The molecule has 0 spiro atoms. The van der Waals surface area contributed by atoms with Crippen LogP contribution in [0.15, 0.2) is 54.1 Å². The Morgan fingerprint density at radius 3 is 2.62 bits per heavy atom. The lowest BCUT2D eigenvalue weighted by atomic mass is 9.98. The van der Waals surface area contributed by atoms with Gasteiger partial charge in [0.25, 0.3) is 0 Å². The average molecular weight is 170 g/mol. The highest BCUT2D eigenvalue weighted by atomic mass is 14.1. The summed E-state index contributed by atoms with van der Waals surface area (Å²) in [5.74, 6) is 0. The van der Waals surface area contributed by atoms with Crippen molar-refractivity contribution in [2.45, 2.75) is 19.3 Å². The third-order valence-corrected chi connectivity index (χ3v) is 2.37. The first kappa shape index (κ1) is 8.31. The third kappa shape index (κ3) is 2.32. The highest BCUT2D eigenvalue weighted by molar-refractivity contribution is 5.26. The van der Waals surface area contributed by atoms with Crippen LogP contribution in [0.5, 0.6) is 0 Å². The van der Waals surface area contributed by atoms with Gasteiger partial charge in [-0.25, -0.2) is 0 Å². The van der Waals surface area contributed by atoms with E-state index in [1.165, 1.54) is 18.4 Å². The van der Waals surface area contributed by atoms with Crippen LogP contribution in [0.25, 0.3) is 0 Å². The van der Waals surface area contributed by atoms with E-state index >= 15 is 0 Å². The minimum atomic E-state index is 1.12. The van der Waals surface area contributed by atoms with Crippen molar-refractivity contribution in [1.29, 1.82) is 0 Å². The van der Waals surface area contributed by atoms with Gasteiger partial charge in [-0.1, -0.05) is 54.1 Å². The van der Waals surface area contributed by atoms with Gasteiger partial charge >= 0.3 is 0 Å². The fraction of sp³-hybridized carbons (Fsp3) is 0.231. The second-order valence-electron chi connectivity index (χ2n) is 3.45. The number of rotatable bonds is 2. The van der Waals surface area contributed by atoms with E-state index in [1.807, 2.05) is 0 Å². The zero-order valence-corrected chi connectivity index (χ0v) is 7.74. The van der Waals surface area contributed by atoms with E-state index in [9.17, 15) is 0 Å². The van der Waals surface area contributed by atoms with Gasteiger partial charge in [-0.15, -0.1) is 0 Å². The van der Waals surface area contributed by atoms with Crippen molar-refractivity contribution in [3.05, 3.63) is 59.7 Å². The molecular weight excluding hydrogens is 156 g/mol. The molecule has 0 saturated heterocycles. The standard InChI is InChI=1S/C13H14/c1-3-7-12(8-4-1)11-13-9-5-2-6-10-13/h1-5,7-9H,6,10-11H2. The van der Waals surface area contributed by atoms with E-state index in [2.05, 4.69) is 48.6 Å². The molecule has 1 aliphatic carbocycles. The average Bonchev–Trinajstić information content (AvgIpc) is 2.21. The Morgan fingerprint density at radius 2 is 1.92 bits per heavy atom. The Hall–Kier alpha value is -1.30. The Balaban J connectivity index is 2.06. The molecule has 0 fully saturated rings. The first-order valence-electron chi connectivity index (χ1n) is 4.83. The van der Waals surface area contributed by atoms with Crippen LogP contribution in [0.1, 0.15) is 18.4 Å². The second kappa shape index (κ2) is 4.08. The summed E-state index contributed by atoms with van der Waals surface area (Å²) in [6.07, 6.45) is 10.2. The monoisotopic (exact) mass is 170 g/mol. The summed E-state index contributed by atoms with van der Waals surface area (Å²) in [6.45, 7) is 0. The van der Waals surface area contributed by atoms with Gasteiger partial charge in [0.1, 0.15) is 0 Å². The predicted molar refractivity (Wildman–Crippen MR) is 56.6 cm³/mol. The number of hydrogen-bond acceptors (Lipinski definition) is 0. The topological polar surface area (TPSA) is 0 Å². The van der Waals surface area contributed by atoms with Crippen LogP contribution < -0.4 is 0 Å². The molecule has 0 aliphatic heterocycles. The fourth-order valence-corrected chi connectivity index (χ4v) is 1.66. The molecule has 0 heteroatoms. The van der Waals surface area contributed by atoms with Crippen LogP contribution in [-0.2, 0) is 6.42 Å². The van der Waals surface area contributed by atoms with Crippen LogP contribution >= 0.6 is 0 Å². The molecule has 0 unspecified atom stereocenters. The highest BCUT2D eigenvalue weighted by Crippen LogP contribution is 2.16. The Labute approximate surface area is 79.6 Å².